The lowest BCUT2D eigenvalue weighted by atomic mass is 10.1. The van der Waals surface area contributed by atoms with E-state index in [4.69, 9.17) is 10.00 Å². The number of hydrogen-bond donors (Lipinski definition) is 0. The SMILES string of the molecule is Cc1ccccc1C(=O)OCc1ccc(C#N)cc1. The Hall–Kier alpha value is -2.60. The first-order valence-corrected chi connectivity index (χ1v) is 5.92. The van der Waals surface area contributed by atoms with Crippen molar-refractivity contribution in [2.24, 2.45) is 0 Å². The van der Waals surface area contributed by atoms with Crippen molar-refractivity contribution >= 4 is 5.97 Å². The Morgan fingerprint density at radius 3 is 2.47 bits per heavy atom. The van der Waals surface area contributed by atoms with Crippen LogP contribution in [0.15, 0.2) is 48.5 Å². The van der Waals surface area contributed by atoms with Crippen LogP contribution in [-0.4, -0.2) is 5.97 Å². The van der Waals surface area contributed by atoms with Crippen molar-refractivity contribution < 1.29 is 9.53 Å². The number of nitrogens with zero attached hydrogens (tertiary/aromatic N) is 1. The van der Waals surface area contributed by atoms with Crippen molar-refractivity contribution in [3.63, 3.8) is 0 Å². The largest absolute Gasteiger partial charge is 0.457 e. The fourth-order valence-electron chi connectivity index (χ4n) is 1.70. The van der Waals surface area contributed by atoms with Gasteiger partial charge in [-0.05, 0) is 36.2 Å². The predicted octanol–water partition coefficient (Wildman–Crippen LogP) is 3.22. The summed E-state index contributed by atoms with van der Waals surface area (Å²) in [5, 5.41) is 8.69. The molecule has 0 saturated heterocycles. The molecule has 0 heterocycles. The quantitative estimate of drug-likeness (QED) is 0.787. The van der Waals surface area contributed by atoms with Gasteiger partial charge in [0, 0.05) is 0 Å². The van der Waals surface area contributed by atoms with Crippen LogP contribution in [0.5, 0.6) is 0 Å². The summed E-state index contributed by atoms with van der Waals surface area (Å²) in [6.07, 6.45) is 0. The second-order valence-electron chi connectivity index (χ2n) is 4.20. The first-order valence-electron chi connectivity index (χ1n) is 5.92. The van der Waals surface area contributed by atoms with Gasteiger partial charge in [-0.1, -0.05) is 30.3 Å². The number of esters is 1. The fourth-order valence-corrected chi connectivity index (χ4v) is 1.70. The number of ether oxygens (including phenoxy) is 1. The lowest BCUT2D eigenvalue weighted by molar-refractivity contribution is 0.0472. The molecule has 2 aromatic carbocycles. The summed E-state index contributed by atoms with van der Waals surface area (Å²) in [6.45, 7) is 2.08. The summed E-state index contributed by atoms with van der Waals surface area (Å²) < 4.78 is 5.25. The van der Waals surface area contributed by atoms with E-state index in [1.807, 2.05) is 31.2 Å². The van der Waals surface area contributed by atoms with Crippen LogP contribution in [0.3, 0.4) is 0 Å². The molecular formula is C16H13NO2. The summed E-state index contributed by atoms with van der Waals surface area (Å²) >= 11 is 0. The molecule has 94 valence electrons. The molecule has 0 amide bonds. The fraction of sp³-hybridized carbons (Fsp3) is 0.125. The maximum Gasteiger partial charge on any atom is 0.338 e. The van der Waals surface area contributed by atoms with Gasteiger partial charge < -0.3 is 4.74 Å². The third-order valence-electron chi connectivity index (χ3n) is 2.82. The van der Waals surface area contributed by atoms with Crippen molar-refractivity contribution in [2.45, 2.75) is 13.5 Å². The zero-order chi connectivity index (χ0) is 13.7. The Kier molecular flexibility index (Phi) is 3.94. The molecule has 0 aliphatic heterocycles. The summed E-state index contributed by atoms with van der Waals surface area (Å²) in [4.78, 5) is 11.9. The highest BCUT2D eigenvalue weighted by Crippen LogP contribution is 2.11. The molecule has 0 N–H and O–H groups in total. The molecule has 0 spiro atoms. The van der Waals surface area contributed by atoms with Crippen LogP contribution < -0.4 is 0 Å². The van der Waals surface area contributed by atoms with Gasteiger partial charge in [0.2, 0.25) is 0 Å². The van der Waals surface area contributed by atoms with Gasteiger partial charge in [0.15, 0.2) is 0 Å². The minimum atomic E-state index is -0.331. The topological polar surface area (TPSA) is 50.1 Å². The van der Waals surface area contributed by atoms with Crippen molar-refractivity contribution in [1.29, 1.82) is 5.26 Å². The van der Waals surface area contributed by atoms with Crippen molar-refractivity contribution in [1.82, 2.24) is 0 Å². The Labute approximate surface area is 112 Å². The lowest BCUT2D eigenvalue weighted by Gasteiger charge is -2.07. The number of nitriles is 1. The van der Waals surface area contributed by atoms with Crippen LogP contribution in [0.4, 0.5) is 0 Å². The average molecular weight is 251 g/mol. The summed E-state index contributed by atoms with van der Waals surface area (Å²) in [6, 6.07) is 16.3. The molecule has 3 nitrogen and oxygen atoms in total. The molecule has 0 unspecified atom stereocenters. The third kappa shape index (κ3) is 3.20. The van der Waals surface area contributed by atoms with Crippen LogP contribution in [0.25, 0.3) is 0 Å². The van der Waals surface area contributed by atoms with E-state index in [0.717, 1.165) is 11.1 Å². The van der Waals surface area contributed by atoms with Gasteiger partial charge in [-0.25, -0.2) is 4.79 Å². The summed E-state index contributed by atoms with van der Waals surface area (Å²) in [5.74, 6) is -0.331. The predicted molar refractivity (Wildman–Crippen MR) is 71.5 cm³/mol. The Morgan fingerprint density at radius 2 is 1.84 bits per heavy atom. The number of rotatable bonds is 3. The van der Waals surface area contributed by atoms with E-state index in [-0.39, 0.29) is 12.6 Å². The third-order valence-corrected chi connectivity index (χ3v) is 2.82. The second-order valence-corrected chi connectivity index (χ2v) is 4.20. The number of carbonyl (C=O) groups is 1. The zero-order valence-corrected chi connectivity index (χ0v) is 10.6. The Balaban J connectivity index is 2.01. The highest BCUT2D eigenvalue weighted by atomic mass is 16.5. The number of carbonyl (C=O) groups excluding carboxylic acids is 1. The first kappa shape index (κ1) is 12.8. The molecule has 0 fully saturated rings. The summed E-state index contributed by atoms with van der Waals surface area (Å²) in [7, 11) is 0. The first-order chi connectivity index (χ1) is 9.20. The number of aryl methyl sites for hydroxylation is 1. The standard InChI is InChI=1S/C16H13NO2/c1-12-4-2-3-5-15(12)16(18)19-11-14-8-6-13(10-17)7-9-14/h2-9H,11H2,1H3. The smallest absolute Gasteiger partial charge is 0.338 e. The van der Waals surface area contributed by atoms with Gasteiger partial charge in [0.05, 0.1) is 17.2 Å². The highest BCUT2D eigenvalue weighted by molar-refractivity contribution is 5.90. The highest BCUT2D eigenvalue weighted by Gasteiger charge is 2.09. The van der Waals surface area contributed by atoms with E-state index in [9.17, 15) is 4.79 Å². The Morgan fingerprint density at radius 1 is 1.16 bits per heavy atom. The van der Waals surface area contributed by atoms with E-state index in [1.54, 1.807) is 30.3 Å². The van der Waals surface area contributed by atoms with Crippen molar-refractivity contribution in [3.8, 4) is 6.07 Å². The molecule has 0 aromatic heterocycles. The normalized spacial score (nSPS) is 9.68. The van der Waals surface area contributed by atoms with Crippen LogP contribution >= 0.6 is 0 Å². The van der Waals surface area contributed by atoms with Crippen molar-refractivity contribution in [2.75, 3.05) is 0 Å². The molecule has 0 aliphatic carbocycles. The molecule has 2 rings (SSSR count). The minimum Gasteiger partial charge on any atom is -0.457 e. The second kappa shape index (κ2) is 5.83. The van der Waals surface area contributed by atoms with Crippen molar-refractivity contribution in [3.05, 3.63) is 70.8 Å². The zero-order valence-electron chi connectivity index (χ0n) is 10.6. The number of benzene rings is 2. The van der Waals surface area contributed by atoms with E-state index < -0.39 is 0 Å². The van der Waals surface area contributed by atoms with Gasteiger partial charge >= 0.3 is 5.97 Å². The minimum absolute atomic E-state index is 0.207. The molecule has 3 heteroatoms. The average Bonchev–Trinajstić information content (AvgIpc) is 2.46. The molecular weight excluding hydrogens is 238 g/mol. The molecule has 0 aliphatic rings. The summed E-state index contributed by atoms with van der Waals surface area (Å²) in [5.41, 5.74) is 2.93. The molecule has 0 radical (unpaired) electrons. The Bertz CT molecular complexity index is 624. The molecule has 2 aromatic rings. The molecule has 19 heavy (non-hydrogen) atoms. The van der Waals surface area contributed by atoms with Crippen LogP contribution in [0.1, 0.15) is 27.0 Å². The van der Waals surface area contributed by atoms with Gasteiger partial charge in [-0.15, -0.1) is 0 Å². The molecule has 0 saturated carbocycles. The molecule has 0 atom stereocenters. The van der Waals surface area contributed by atoms with Crippen LogP contribution in [0.2, 0.25) is 0 Å². The van der Waals surface area contributed by atoms with Crippen LogP contribution in [-0.2, 0) is 11.3 Å². The van der Waals surface area contributed by atoms with Gasteiger partial charge in [0.1, 0.15) is 6.61 Å². The lowest BCUT2D eigenvalue weighted by Crippen LogP contribution is -2.06. The van der Waals surface area contributed by atoms with E-state index in [2.05, 4.69) is 0 Å². The van der Waals surface area contributed by atoms with E-state index in [0.29, 0.717) is 11.1 Å². The molecule has 0 bridgehead atoms. The maximum absolute atomic E-state index is 11.9. The van der Waals surface area contributed by atoms with Gasteiger partial charge in [0.25, 0.3) is 0 Å². The van der Waals surface area contributed by atoms with Gasteiger partial charge in [-0.3, -0.25) is 0 Å². The maximum atomic E-state index is 11.9. The van der Waals surface area contributed by atoms with Crippen LogP contribution in [0, 0.1) is 18.3 Å². The number of hydrogen-bond acceptors (Lipinski definition) is 3. The monoisotopic (exact) mass is 251 g/mol. The van der Waals surface area contributed by atoms with E-state index >= 15 is 0 Å². The van der Waals surface area contributed by atoms with E-state index in [1.165, 1.54) is 0 Å². The van der Waals surface area contributed by atoms with Gasteiger partial charge in [-0.2, -0.15) is 5.26 Å².